The average molecular weight is 149 g/mol. The normalized spacial score (nSPS) is 9.64. The van der Waals surface area contributed by atoms with E-state index in [2.05, 4.69) is 4.98 Å². The van der Waals surface area contributed by atoms with Crippen LogP contribution in [-0.2, 0) is 11.2 Å². The van der Waals surface area contributed by atoms with Crippen LogP contribution in [-0.4, -0.2) is 10.8 Å². The van der Waals surface area contributed by atoms with Crippen LogP contribution >= 0.6 is 0 Å². The van der Waals surface area contributed by atoms with Gasteiger partial charge in [-0.2, -0.15) is 0 Å². The number of hydrogen-bond donors (Lipinski definition) is 0. The Morgan fingerprint density at radius 1 is 1.64 bits per heavy atom. The van der Waals surface area contributed by atoms with Gasteiger partial charge in [0.15, 0.2) is 0 Å². The number of carbonyl (C=O) groups excluding carboxylic acids is 1. The number of rotatable bonds is 2. The highest BCUT2D eigenvalue weighted by Crippen LogP contribution is 2.05. The van der Waals surface area contributed by atoms with E-state index in [0.29, 0.717) is 6.42 Å². The molecule has 2 nitrogen and oxygen atoms in total. The second-order valence-corrected chi connectivity index (χ2v) is 2.68. The Bertz CT molecular complexity index is 268. The van der Waals surface area contributed by atoms with Crippen LogP contribution in [0.2, 0.25) is 0 Å². The lowest BCUT2D eigenvalue weighted by atomic mass is 10.1. The molecule has 0 amide bonds. The Kier molecular flexibility index (Phi) is 2.36. The molecule has 0 aliphatic carbocycles. The number of hydrogen-bond acceptors (Lipinski definition) is 2. The van der Waals surface area contributed by atoms with Crippen molar-refractivity contribution in [3.05, 3.63) is 29.6 Å². The molecular weight excluding hydrogens is 138 g/mol. The van der Waals surface area contributed by atoms with Gasteiger partial charge in [0.05, 0.1) is 0 Å². The molecule has 1 heterocycles. The minimum Gasteiger partial charge on any atom is -0.300 e. The van der Waals surface area contributed by atoms with E-state index >= 15 is 0 Å². The molecule has 2 heteroatoms. The second kappa shape index (κ2) is 3.28. The standard InChI is InChI=1S/C9H11NO/c1-7-6-10-4-3-9(7)5-8(2)11/h3-4,6H,5H2,1-2H3. The molecule has 1 aromatic rings. The van der Waals surface area contributed by atoms with Crippen LogP contribution in [0.25, 0.3) is 0 Å². The molecule has 58 valence electrons. The maximum absolute atomic E-state index is 10.7. The maximum atomic E-state index is 10.7. The third kappa shape index (κ3) is 2.15. The lowest BCUT2D eigenvalue weighted by molar-refractivity contribution is -0.116. The topological polar surface area (TPSA) is 30.0 Å². The van der Waals surface area contributed by atoms with Crippen molar-refractivity contribution in [2.45, 2.75) is 20.3 Å². The van der Waals surface area contributed by atoms with E-state index in [4.69, 9.17) is 0 Å². The van der Waals surface area contributed by atoms with Gasteiger partial charge in [-0.05, 0) is 31.0 Å². The number of aryl methyl sites for hydroxylation is 1. The molecule has 1 rings (SSSR count). The van der Waals surface area contributed by atoms with Crippen LogP contribution in [0, 0.1) is 6.92 Å². The number of pyridine rings is 1. The molecule has 0 atom stereocenters. The van der Waals surface area contributed by atoms with Crippen LogP contribution < -0.4 is 0 Å². The third-order valence-electron chi connectivity index (χ3n) is 1.58. The van der Waals surface area contributed by atoms with Crippen molar-refractivity contribution in [2.24, 2.45) is 0 Å². The van der Waals surface area contributed by atoms with Gasteiger partial charge in [-0.1, -0.05) is 0 Å². The fraction of sp³-hybridized carbons (Fsp3) is 0.333. The Hall–Kier alpha value is -1.18. The van der Waals surface area contributed by atoms with Crippen LogP contribution in [0.5, 0.6) is 0 Å². The van der Waals surface area contributed by atoms with Crippen molar-refractivity contribution in [3.63, 3.8) is 0 Å². The van der Waals surface area contributed by atoms with Crippen molar-refractivity contribution in [1.82, 2.24) is 4.98 Å². The Balaban J connectivity index is 2.86. The number of ketones is 1. The predicted molar refractivity (Wildman–Crippen MR) is 43.4 cm³/mol. The van der Waals surface area contributed by atoms with Crippen molar-refractivity contribution >= 4 is 5.78 Å². The predicted octanol–water partition coefficient (Wildman–Crippen LogP) is 1.52. The van der Waals surface area contributed by atoms with Gasteiger partial charge in [0, 0.05) is 18.8 Å². The molecule has 11 heavy (non-hydrogen) atoms. The van der Waals surface area contributed by atoms with E-state index in [9.17, 15) is 4.79 Å². The fourth-order valence-corrected chi connectivity index (χ4v) is 0.969. The Morgan fingerprint density at radius 2 is 2.36 bits per heavy atom. The molecule has 0 spiro atoms. The van der Waals surface area contributed by atoms with Crippen LogP contribution in [0.3, 0.4) is 0 Å². The lowest BCUT2D eigenvalue weighted by Crippen LogP contribution is -1.98. The van der Waals surface area contributed by atoms with Gasteiger partial charge in [0.1, 0.15) is 5.78 Å². The first-order chi connectivity index (χ1) is 5.20. The highest BCUT2D eigenvalue weighted by molar-refractivity contribution is 5.78. The highest BCUT2D eigenvalue weighted by Gasteiger charge is 1.99. The Labute approximate surface area is 66.3 Å². The van der Waals surface area contributed by atoms with Crippen LogP contribution in [0.15, 0.2) is 18.5 Å². The summed E-state index contributed by atoms with van der Waals surface area (Å²) in [6.45, 7) is 3.56. The van der Waals surface area contributed by atoms with Crippen LogP contribution in [0.4, 0.5) is 0 Å². The molecule has 1 aromatic heterocycles. The molecule has 0 aromatic carbocycles. The highest BCUT2D eigenvalue weighted by atomic mass is 16.1. The average Bonchev–Trinajstić information content (AvgIpc) is 1.93. The summed E-state index contributed by atoms with van der Waals surface area (Å²) in [6.07, 6.45) is 4.01. The maximum Gasteiger partial charge on any atom is 0.134 e. The van der Waals surface area contributed by atoms with Crippen molar-refractivity contribution < 1.29 is 4.79 Å². The fourth-order valence-electron chi connectivity index (χ4n) is 0.969. The number of nitrogens with zero attached hydrogens (tertiary/aromatic N) is 1. The summed E-state index contributed by atoms with van der Waals surface area (Å²) in [5, 5.41) is 0. The number of carbonyl (C=O) groups is 1. The first kappa shape index (κ1) is 7.92. The van der Waals surface area contributed by atoms with Gasteiger partial charge in [-0.25, -0.2) is 0 Å². The first-order valence-corrected chi connectivity index (χ1v) is 3.59. The van der Waals surface area contributed by atoms with E-state index in [-0.39, 0.29) is 5.78 Å². The monoisotopic (exact) mass is 149 g/mol. The van der Waals surface area contributed by atoms with Gasteiger partial charge in [0.2, 0.25) is 0 Å². The summed E-state index contributed by atoms with van der Waals surface area (Å²) in [5.41, 5.74) is 2.16. The summed E-state index contributed by atoms with van der Waals surface area (Å²) in [7, 11) is 0. The van der Waals surface area contributed by atoms with Crippen LogP contribution in [0.1, 0.15) is 18.1 Å². The smallest absolute Gasteiger partial charge is 0.134 e. The van der Waals surface area contributed by atoms with E-state index < -0.39 is 0 Å². The van der Waals surface area contributed by atoms with E-state index in [1.807, 2.05) is 13.0 Å². The summed E-state index contributed by atoms with van der Waals surface area (Å²) in [6, 6.07) is 1.89. The summed E-state index contributed by atoms with van der Waals surface area (Å²) in [4.78, 5) is 14.7. The van der Waals surface area contributed by atoms with E-state index in [1.54, 1.807) is 19.3 Å². The Morgan fingerprint density at radius 3 is 2.91 bits per heavy atom. The lowest BCUT2D eigenvalue weighted by Gasteiger charge is -2.00. The zero-order valence-corrected chi connectivity index (χ0v) is 6.79. The minimum absolute atomic E-state index is 0.194. The molecule has 0 aliphatic rings. The molecule has 0 radical (unpaired) electrons. The first-order valence-electron chi connectivity index (χ1n) is 3.59. The van der Waals surface area contributed by atoms with Crippen molar-refractivity contribution in [2.75, 3.05) is 0 Å². The van der Waals surface area contributed by atoms with Crippen molar-refractivity contribution in [3.8, 4) is 0 Å². The van der Waals surface area contributed by atoms with E-state index in [1.165, 1.54) is 0 Å². The zero-order valence-electron chi connectivity index (χ0n) is 6.79. The largest absolute Gasteiger partial charge is 0.300 e. The molecule has 0 fully saturated rings. The molecule has 0 saturated heterocycles. The van der Waals surface area contributed by atoms with Gasteiger partial charge >= 0.3 is 0 Å². The molecule has 0 saturated carbocycles. The van der Waals surface area contributed by atoms with Crippen molar-refractivity contribution in [1.29, 1.82) is 0 Å². The third-order valence-corrected chi connectivity index (χ3v) is 1.58. The zero-order chi connectivity index (χ0) is 8.27. The molecule has 0 aliphatic heterocycles. The van der Waals surface area contributed by atoms with E-state index in [0.717, 1.165) is 11.1 Å². The number of Topliss-reactive ketones (excluding diaryl/α,β-unsaturated/α-hetero) is 1. The summed E-state index contributed by atoms with van der Waals surface area (Å²) >= 11 is 0. The minimum atomic E-state index is 0.194. The molecule has 0 N–H and O–H groups in total. The SMILES string of the molecule is CC(=O)Cc1ccncc1C. The molecule has 0 unspecified atom stereocenters. The molecular formula is C9H11NO. The summed E-state index contributed by atoms with van der Waals surface area (Å²) in [5.74, 6) is 0.194. The van der Waals surface area contributed by atoms with Gasteiger partial charge in [0.25, 0.3) is 0 Å². The summed E-state index contributed by atoms with van der Waals surface area (Å²) < 4.78 is 0. The van der Waals surface area contributed by atoms with Gasteiger partial charge < -0.3 is 0 Å². The quantitative estimate of drug-likeness (QED) is 0.638. The number of aromatic nitrogens is 1. The van der Waals surface area contributed by atoms with Gasteiger partial charge in [-0.15, -0.1) is 0 Å². The molecule has 0 bridgehead atoms. The van der Waals surface area contributed by atoms with Gasteiger partial charge in [-0.3, -0.25) is 9.78 Å². The second-order valence-electron chi connectivity index (χ2n) is 2.68.